The number of aromatic carboxylic acids is 1. The number of benzene rings is 1. The first-order chi connectivity index (χ1) is 10.0. The largest absolute Gasteiger partial charge is 0.477 e. The number of thiophene rings is 1. The van der Waals surface area contributed by atoms with Gasteiger partial charge in [-0.25, -0.2) is 9.18 Å². The Balaban J connectivity index is 2.06. The van der Waals surface area contributed by atoms with E-state index in [9.17, 15) is 9.18 Å². The molecule has 0 atom stereocenters. The first-order valence-electron chi connectivity index (χ1n) is 5.89. The number of hydrogen-bond acceptors (Lipinski definition) is 5. The number of hydrogen-bond donors (Lipinski definition) is 2. The zero-order chi connectivity index (χ0) is 15.0. The average molecular weight is 304 g/mol. The van der Waals surface area contributed by atoms with Crippen molar-refractivity contribution in [3.63, 3.8) is 0 Å². The molecular formula is C14H9FN2O3S. The number of nitrogen functional groups attached to an aromatic ring is 1. The van der Waals surface area contributed by atoms with Gasteiger partial charge in [0.1, 0.15) is 10.6 Å². The number of carboxylic acids is 1. The van der Waals surface area contributed by atoms with Crippen molar-refractivity contribution < 1.29 is 19.0 Å². The van der Waals surface area contributed by atoms with Gasteiger partial charge in [-0.15, -0.1) is 11.3 Å². The molecule has 0 spiro atoms. The maximum absolute atomic E-state index is 13.8. The van der Waals surface area contributed by atoms with Gasteiger partial charge in [-0.05, 0) is 18.2 Å². The van der Waals surface area contributed by atoms with Crippen molar-refractivity contribution in [2.24, 2.45) is 0 Å². The second kappa shape index (κ2) is 5.02. The lowest BCUT2D eigenvalue weighted by molar-refractivity contribution is 0.0702. The lowest BCUT2D eigenvalue weighted by Gasteiger charge is -2.07. The number of nitrogens with two attached hydrogens (primary N) is 1. The normalized spacial score (nSPS) is 10.7. The predicted octanol–water partition coefficient (Wildman–Crippen LogP) is 3.51. The highest BCUT2D eigenvalue weighted by molar-refractivity contribution is 7.21. The number of rotatable bonds is 3. The fraction of sp³-hybridized carbons (Fsp3) is 0. The SMILES string of the molecule is Nc1ccc(Oc2ccnc3cc(C(=O)O)sc23)c(F)c1. The summed E-state index contributed by atoms with van der Waals surface area (Å²) in [5.41, 5.74) is 6.27. The van der Waals surface area contributed by atoms with E-state index in [0.717, 1.165) is 17.4 Å². The number of halogens is 1. The van der Waals surface area contributed by atoms with Gasteiger partial charge in [0.05, 0.1) is 10.2 Å². The second-order valence-electron chi connectivity index (χ2n) is 4.23. The van der Waals surface area contributed by atoms with E-state index in [1.54, 1.807) is 6.07 Å². The summed E-state index contributed by atoms with van der Waals surface area (Å²) in [4.78, 5) is 15.2. The lowest BCUT2D eigenvalue weighted by atomic mass is 10.3. The van der Waals surface area contributed by atoms with Gasteiger partial charge in [-0.2, -0.15) is 0 Å². The summed E-state index contributed by atoms with van der Waals surface area (Å²) in [5, 5.41) is 9.01. The molecule has 3 N–H and O–H groups in total. The first kappa shape index (κ1) is 13.3. The van der Waals surface area contributed by atoms with Crippen LogP contribution in [0.3, 0.4) is 0 Å². The molecule has 2 aromatic heterocycles. The first-order valence-corrected chi connectivity index (χ1v) is 6.71. The standard InChI is InChI=1S/C14H9FN2O3S/c15-8-5-7(16)1-2-10(8)20-11-3-4-17-9-6-12(14(18)19)21-13(9)11/h1-6H,16H2,(H,18,19). The molecule has 2 heterocycles. The van der Waals surface area contributed by atoms with E-state index >= 15 is 0 Å². The summed E-state index contributed by atoms with van der Waals surface area (Å²) >= 11 is 1.03. The third-order valence-electron chi connectivity index (χ3n) is 2.76. The number of fused-ring (bicyclic) bond motifs is 1. The van der Waals surface area contributed by atoms with Gasteiger partial charge in [0.15, 0.2) is 11.6 Å². The fourth-order valence-corrected chi connectivity index (χ4v) is 2.72. The number of carbonyl (C=O) groups is 1. The maximum Gasteiger partial charge on any atom is 0.345 e. The quantitative estimate of drug-likeness (QED) is 0.723. The summed E-state index contributed by atoms with van der Waals surface area (Å²) in [7, 11) is 0. The Morgan fingerprint density at radius 2 is 2.10 bits per heavy atom. The molecule has 0 amide bonds. The summed E-state index contributed by atoms with van der Waals surface area (Å²) < 4.78 is 19.8. The highest BCUT2D eigenvalue weighted by Gasteiger charge is 2.14. The summed E-state index contributed by atoms with van der Waals surface area (Å²) in [6.45, 7) is 0. The van der Waals surface area contributed by atoms with Crippen LogP contribution in [0.4, 0.5) is 10.1 Å². The molecule has 0 fully saturated rings. The molecule has 3 aromatic rings. The van der Waals surface area contributed by atoms with Gasteiger partial charge in [0.2, 0.25) is 0 Å². The number of nitrogens with zero attached hydrogens (tertiary/aromatic N) is 1. The maximum atomic E-state index is 13.8. The van der Waals surface area contributed by atoms with Gasteiger partial charge >= 0.3 is 5.97 Å². The van der Waals surface area contributed by atoms with Crippen molar-refractivity contribution in [3.05, 3.63) is 47.2 Å². The minimum atomic E-state index is -1.04. The predicted molar refractivity (Wildman–Crippen MR) is 77.5 cm³/mol. The molecule has 0 saturated carbocycles. The molecule has 106 valence electrons. The van der Waals surface area contributed by atoms with Crippen LogP contribution in [-0.2, 0) is 0 Å². The van der Waals surface area contributed by atoms with Crippen molar-refractivity contribution in [3.8, 4) is 11.5 Å². The molecular weight excluding hydrogens is 295 g/mol. The molecule has 3 rings (SSSR count). The molecule has 21 heavy (non-hydrogen) atoms. The van der Waals surface area contributed by atoms with Crippen LogP contribution in [0, 0.1) is 5.82 Å². The molecule has 0 saturated heterocycles. The van der Waals surface area contributed by atoms with E-state index in [2.05, 4.69) is 4.98 Å². The Morgan fingerprint density at radius 1 is 1.29 bits per heavy atom. The van der Waals surface area contributed by atoms with Gasteiger partial charge < -0.3 is 15.6 Å². The molecule has 0 aliphatic rings. The number of pyridine rings is 1. The molecule has 0 aliphatic carbocycles. The van der Waals surface area contributed by atoms with Gasteiger partial charge in [0, 0.05) is 24.0 Å². The third kappa shape index (κ3) is 2.50. The molecule has 5 nitrogen and oxygen atoms in total. The van der Waals surface area contributed by atoms with Crippen molar-refractivity contribution in [1.29, 1.82) is 0 Å². The Bertz CT molecular complexity index is 847. The number of anilines is 1. The van der Waals surface area contributed by atoms with E-state index in [4.69, 9.17) is 15.6 Å². The fourth-order valence-electron chi connectivity index (χ4n) is 1.82. The third-order valence-corrected chi connectivity index (χ3v) is 3.89. The van der Waals surface area contributed by atoms with Gasteiger partial charge in [-0.1, -0.05) is 0 Å². The zero-order valence-electron chi connectivity index (χ0n) is 10.5. The lowest BCUT2D eigenvalue weighted by Crippen LogP contribution is -1.91. The monoisotopic (exact) mass is 304 g/mol. The van der Waals surface area contributed by atoms with Crippen molar-refractivity contribution >= 4 is 33.2 Å². The molecule has 1 aromatic carbocycles. The van der Waals surface area contributed by atoms with Crippen LogP contribution in [0.1, 0.15) is 9.67 Å². The molecule has 0 unspecified atom stereocenters. The topological polar surface area (TPSA) is 85.4 Å². The van der Waals surface area contributed by atoms with Crippen LogP contribution in [0.5, 0.6) is 11.5 Å². The Labute approximate surface area is 122 Å². The van der Waals surface area contributed by atoms with E-state index < -0.39 is 11.8 Å². The zero-order valence-corrected chi connectivity index (χ0v) is 11.4. The van der Waals surface area contributed by atoms with Crippen molar-refractivity contribution in [2.45, 2.75) is 0 Å². The Kier molecular flexibility index (Phi) is 3.19. The second-order valence-corrected chi connectivity index (χ2v) is 5.28. The summed E-state index contributed by atoms with van der Waals surface area (Å²) in [6, 6.07) is 7.11. The minimum Gasteiger partial charge on any atom is -0.477 e. The van der Waals surface area contributed by atoms with Crippen LogP contribution < -0.4 is 10.5 Å². The van der Waals surface area contributed by atoms with Crippen LogP contribution in [-0.4, -0.2) is 16.1 Å². The van der Waals surface area contributed by atoms with E-state index in [1.807, 2.05) is 0 Å². The average Bonchev–Trinajstić information content (AvgIpc) is 2.87. The van der Waals surface area contributed by atoms with Gasteiger partial charge in [0.25, 0.3) is 0 Å². The summed E-state index contributed by atoms with van der Waals surface area (Å²) in [6.07, 6.45) is 1.48. The number of ether oxygens (including phenoxy) is 1. The van der Waals surface area contributed by atoms with Crippen LogP contribution >= 0.6 is 11.3 Å². The van der Waals surface area contributed by atoms with Crippen molar-refractivity contribution in [1.82, 2.24) is 4.98 Å². The summed E-state index contributed by atoms with van der Waals surface area (Å²) in [5.74, 6) is -1.26. The van der Waals surface area contributed by atoms with Crippen LogP contribution in [0.25, 0.3) is 10.2 Å². The molecule has 7 heteroatoms. The smallest absolute Gasteiger partial charge is 0.345 e. The highest BCUT2D eigenvalue weighted by Crippen LogP contribution is 2.35. The Hall–Kier alpha value is -2.67. The van der Waals surface area contributed by atoms with E-state index in [1.165, 1.54) is 24.4 Å². The highest BCUT2D eigenvalue weighted by atomic mass is 32.1. The Morgan fingerprint density at radius 3 is 2.81 bits per heavy atom. The van der Waals surface area contributed by atoms with Crippen LogP contribution in [0.15, 0.2) is 36.5 Å². The van der Waals surface area contributed by atoms with E-state index in [-0.39, 0.29) is 10.6 Å². The number of aromatic nitrogens is 1. The van der Waals surface area contributed by atoms with Crippen LogP contribution in [0.2, 0.25) is 0 Å². The molecule has 0 bridgehead atoms. The van der Waals surface area contributed by atoms with Gasteiger partial charge in [-0.3, -0.25) is 4.98 Å². The number of carboxylic acid groups (broad SMARTS) is 1. The molecule has 0 aliphatic heterocycles. The minimum absolute atomic E-state index is 0.0157. The van der Waals surface area contributed by atoms with Crippen molar-refractivity contribution in [2.75, 3.05) is 5.73 Å². The molecule has 0 radical (unpaired) electrons. The van der Waals surface area contributed by atoms with E-state index in [0.29, 0.717) is 21.7 Å².